The zero-order chi connectivity index (χ0) is 11.7. The van der Waals surface area contributed by atoms with Crippen LogP contribution >= 0.6 is 0 Å². The summed E-state index contributed by atoms with van der Waals surface area (Å²) in [5.74, 6) is -0.293. The number of nitrogens with one attached hydrogen (secondary N) is 2. The van der Waals surface area contributed by atoms with E-state index in [1.165, 1.54) is 7.11 Å². The summed E-state index contributed by atoms with van der Waals surface area (Å²) in [7, 11) is 1.36. The van der Waals surface area contributed by atoms with Crippen LogP contribution in [0.25, 0.3) is 0 Å². The van der Waals surface area contributed by atoms with Crippen LogP contribution in [0.1, 0.15) is 26.7 Å². The van der Waals surface area contributed by atoms with E-state index in [1.807, 2.05) is 13.8 Å². The van der Waals surface area contributed by atoms with Crippen molar-refractivity contribution >= 4 is 11.9 Å². The lowest BCUT2D eigenvalue weighted by atomic mass is 10.2. The van der Waals surface area contributed by atoms with Gasteiger partial charge < -0.3 is 15.4 Å². The monoisotopic (exact) mass is 216 g/mol. The Morgan fingerprint density at radius 3 is 2.47 bits per heavy atom. The maximum atomic E-state index is 11.2. The van der Waals surface area contributed by atoms with Crippen LogP contribution in [0.3, 0.4) is 0 Å². The van der Waals surface area contributed by atoms with Crippen LogP contribution in [-0.2, 0) is 14.3 Å². The van der Waals surface area contributed by atoms with Crippen molar-refractivity contribution in [1.82, 2.24) is 10.6 Å². The van der Waals surface area contributed by atoms with Crippen molar-refractivity contribution in [2.45, 2.75) is 32.7 Å². The Bertz CT molecular complexity index is 207. The third kappa shape index (κ3) is 6.06. The van der Waals surface area contributed by atoms with Gasteiger partial charge in [0.2, 0.25) is 5.91 Å². The Kier molecular flexibility index (Phi) is 7.62. The molecule has 88 valence electrons. The lowest BCUT2D eigenvalue weighted by Crippen LogP contribution is -2.39. The van der Waals surface area contributed by atoms with Crippen LogP contribution in [0, 0.1) is 0 Å². The van der Waals surface area contributed by atoms with Gasteiger partial charge in [-0.25, -0.2) is 0 Å². The normalized spacial score (nSPS) is 11.9. The van der Waals surface area contributed by atoms with Crippen LogP contribution in [0.2, 0.25) is 0 Å². The number of hydrogen-bond acceptors (Lipinski definition) is 4. The van der Waals surface area contributed by atoms with Crippen LogP contribution in [-0.4, -0.2) is 38.1 Å². The zero-order valence-electron chi connectivity index (χ0n) is 9.63. The molecule has 0 saturated carbocycles. The van der Waals surface area contributed by atoms with Gasteiger partial charge in [-0.05, 0) is 13.3 Å². The molecule has 2 N–H and O–H groups in total. The highest BCUT2D eigenvalue weighted by atomic mass is 16.5. The fourth-order valence-corrected chi connectivity index (χ4v) is 1.18. The summed E-state index contributed by atoms with van der Waals surface area (Å²) in [6.45, 7) is 4.88. The molecule has 0 aromatic heterocycles. The van der Waals surface area contributed by atoms with Gasteiger partial charge in [-0.3, -0.25) is 9.59 Å². The quantitative estimate of drug-likeness (QED) is 0.590. The number of amides is 1. The zero-order valence-corrected chi connectivity index (χ0v) is 9.63. The molecule has 0 aromatic rings. The van der Waals surface area contributed by atoms with Gasteiger partial charge in [0, 0.05) is 19.5 Å². The first-order valence-corrected chi connectivity index (χ1v) is 5.23. The minimum atomic E-state index is -0.315. The van der Waals surface area contributed by atoms with E-state index in [4.69, 9.17) is 0 Å². The Morgan fingerprint density at radius 1 is 1.33 bits per heavy atom. The van der Waals surface area contributed by atoms with E-state index < -0.39 is 0 Å². The first-order valence-electron chi connectivity index (χ1n) is 5.23. The Hall–Kier alpha value is -1.10. The van der Waals surface area contributed by atoms with Gasteiger partial charge in [-0.2, -0.15) is 0 Å². The molecule has 0 saturated heterocycles. The lowest BCUT2D eigenvalue weighted by Gasteiger charge is -2.13. The molecule has 0 radical (unpaired) electrons. The van der Waals surface area contributed by atoms with Gasteiger partial charge in [-0.1, -0.05) is 6.92 Å². The fourth-order valence-electron chi connectivity index (χ4n) is 1.18. The van der Waals surface area contributed by atoms with Gasteiger partial charge in [0.15, 0.2) is 0 Å². The van der Waals surface area contributed by atoms with Crippen molar-refractivity contribution in [1.29, 1.82) is 0 Å². The topological polar surface area (TPSA) is 67.4 Å². The second-order valence-electron chi connectivity index (χ2n) is 3.14. The van der Waals surface area contributed by atoms with E-state index in [-0.39, 0.29) is 17.9 Å². The van der Waals surface area contributed by atoms with Gasteiger partial charge in [-0.15, -0.1) is 0 Å². The molecule has 1 amide bonds. The van der Waals surface area contributed by atoms with Crippen molar-refractivity contribution in [2.24, 2.45) is 0 Å². The Morgan fingerprint density at radius 2 is 2.00 bits per heavy atom. The van der Waals surface area contributed by atoms with E-state index in [0.29, 0.717) is 25.9 Å². The summed E-state index contributed by atoms with van der Waals surface area (Å²) in [4.78, 5) is 22.2. The maximum Gasteiger partial charge on any atom is 0.322 e. The molecule has 0 bridgehead atoms. The van der Waals surface area contributed by atoms with Crippen molar-refractivity contribution in [2.75, 3.05) is 20.2 Å². The molecule has 5 heteroatoms. The largest absolute Gasteiger partial charge is 0.468 e. The minimum Gasteiger partial charge on any atom is -0.468 e. The summed E-state index contributed by atoms with van der Waals surface area (Å²) in [6.07, 6.45) is 1.03. The summed E-state index contributed by atoms with van der Waals surface area (Å²) < 4.78 is 4.61. The van der Waals surface area contributed by atoms with Crippen molar-refractivity contribution in [3.63, 3.8) is 0 Å². The summed E-state index contributed by atoms with van der Waals surface area (Å²) in [5.41, 5.74) is 0. The molecule has 1 atom stereocenters. The molecule has 0 spiro atoms. The standard InChI is InChI=1S/C10H20N2O3/c1-4-8(10(14)15-3)12-7-6-9(13)11-5-2/h8,12H,4-7H2,1-3H3,(H,11,13). The number of esters is 1. The Labute approximate surface area is 90.6 Å². The highest BCUT2D eigenvalue weighted by Gasteiger charge is 2.15. The molecule has 0 aromatic carbocycles. The summed E-state index contributed by atoms with van der Waals surface area (Å²) in [5, 5.41) is 5.66. The average Bonchev–Trinajstić information content (AvgIpc) is 2.24. The van der Waals surface area contributed by atoms with Crippen LogP contribution in [0.5, 0.6) is 0 Å². The number of hydrogen-bond donors (Lipinski definition) is 2. The lowest BCUT2D eigenvalue weighted by molar-refractivity contribution is -0.143. The summed E-state index contributed by atoms with van der Waals surface area (Å²) >= 11 is 0. The molecule has 0 aliphatic rings. The molecular weight excluding hydrogens is 196 g/mol. The molecule has 1 unspecified atom stereocenters. The molecule has 0 heterocycles. The third-order valence-corrected chi connectivity index (χ3v) is 2.01. The van der Waals surface area contributed by atoms with Gasteiger partial charge in [0.05, 0.1) is 7.11 Å². The van der Waals surface area contributed by atoms with E-state index in [9.17, 15) is 9.59 Å². The predicted octanol–water partition coefficient (Wildman–Crippen LogP) is 0.0538. The number of carbonyl (C=O) groups is 2. The Balaban J connectivity index is 3.72. The number of methoxy groups -OCH3 is 1. The number of rotatable bonds is 7. The van der Waals surface area contributed by atoms with Crippen LogP contribution < -0.4 is 10.6 Å². The number of ether oxygens (including phenoxy) is 1. The summed E-state index contributed by atoms with van der Waals surface area (Å²) in [6, 6.07) is -0.315. The molecule has 0 fully saturated rings. The maximum absolute atomic E-state index is 11.2. The van der Waals surface area contributed by atoms with E-state index in [1.54, 1.807) is 0 Å². The van der Waals surface area contributed by atoms with E-state index >= 15 is 0 Å². The minimum absolute atomic E-state index is 0.00952. The third-order valence-electron chi connectivity index (χ3n) is 2.01. The first kappa shape index (κ1) is 13.9. The second-order valence-corrected chi connectivity index (χ2v) is 3.14. The fraction of sp³-hybridized carbons (Fsp3) is 0.800. The predicted molar refractivity (Wildman–Crippen MR) is 57.4 cm³/mol. The van der Waals surface area contributed by atoms with Gasteiger partial charge in [0.1, 0.15) is 6.04 Å². The van der Waals surface area contributed by atoms with Crippen molar-refractivity contribution in [3.05, 3.63) is 0 Å². The smallest absolute Gasteiger partial charge is 0.322 e. The second kappa shape index (κ2) is 8.23. The van der Waals surface area contributed by atoms with Crippen molar-refractivity contribution < 1.29 is 14.3 Å². The van der Waals surface area contributed by atoms with Crippen molar-refractivity contribution in [3.8, 4) is 0 Å². The van der Waals surface area contributed by atoms with Gasteiger partial charge in [0.25, 0.3) is 0 Å². The van der Waals surface area contributed by atoms with Crippen LogP contribution in [0.15, 0.2) is 0 Å². The van der Waals surface area contributed by atoms with Gasteiger partial charge >= 0.3 is 5.97 Å². The van der Waals surface area contributed by atoms with E-state index in [2.05, 4.69) is 15.4 Å². The molecule has 5 nitrogen and oxygen atoms in total. The molecule has 0 aliphatic heterocycles. The molecular formula is C10H20N2O3. The molecule has 15 heavy (non-hydrogen) atoms. The number of carbonyl (C=O) groups excluding carboxylic acids is 2. The highest BCUT2D eigenvalue weighted by molar-refractivity contribution is 5.77. The van der Waals surface area contributed by atoms with Crippen LogP contribution in [0.4, 0.5) is 0 Å². The first-order chi connectivity index (χ1) is 7.15. The molecule has 0 aliphatic carbocycles. The highest BCUT2D eigenvalue weighted by Crippen LogP contribution is 1.93. The SMILES string of the molecule is CCNC(=O)CCNC(CC)C(=O)OC. The average molecular weight is 216 g/mol. The molecule has 0 rings (SSSR count). The van der Waals surface area contributed by atoms with E-state index in [0.717, 1.165) is 0 Å².